The van der Waals surface area contributed by atoms with Crippen LogP contribution >= 0.6 is 0 Å². The highest BCUT2D eigenvalue weighted by atomic mass is 28.3. The SMILES string of the molecule is C[Si](C)(C)c1ccccc1OCC(=O)O. The summed E-state index contributed by atoms with van der Waals surface area (Å²) in [4.78, 5) is 10.4. The van der Waals surface area contributed by atoms with Gasteiger partial charge in [-0.2, -0.15) is 0 Å². The second-order valence-electron chi connectivity index (χ2n) is 4.43. The van der Waals surface area contributed by atoms with E-state index in [1.165, 1.54) is 0 Å². The molecule has 0 spiro atoms. The molecule has 0 unspecified atom stereocenters. The summed E-state index contributed by atoms with van der Waals surface area (Å²) in [5.41, 5.74) is 0. The third-order valence-corrected chi connectivity index (χ3v) is 4.08. The summed E-state index contributed by atoms with van der Waals surface area (Å²) >= 11 is 0. The molecule has 0 atom stereocenters. The fraction of sp³-hybridized carbons (Fsp3) is 0.364. The zero-order valence-corrected chi connectivity index (χ0v) is 10.3. The molecule has 82 valence electrons. The maximum atomic E-state index is 10.4. The number of carboxylic acid groups (broad SMARTS) is 1. The third-order valence-electron chi connectivity index (χ3n) is 2.05. The lowest BCUT2D eigenvalue weighted by Gasteiger charge is -2.20. The van der Waals surface area contributed by atoms with Crippen LogP contribution in [-0.4, -0.2) is 25.8 Å². The first-order valence-electron chi connectivity index (χ1n) is 4.85. The van der Waals surface area contributed by atoms with Crippen molar-refractivity contribution in [3.8, 4) is 5.75 Å². The van der Waals surface area contributed by atoms with E-state index in [1.54, 1.807) is 0 Å². The highest BCUT2D eigenvalue weighted by molar-refractivity contribution is 6.89. The van der Waals surface area contributed by atoms with E-state index >= 15 is 0 Å². The van der Waals surface area contributed by atoms with E-state index in [9.17, 15) is 4.79 Å². The summed E-state index contributed by atoms with van der Waals surface area (Å²) in [6.07, 6.45) is 0. The molecule has 15 heavy (non-hydrogen) atoms. The quantitative estimate of drug-likeness (QED) is 0.792. The number of rotatable bonds is 4. The molecule has 0 aromatic heterocycles. The molecule has 0 saturated heterocycles. The van der Waals surface area contributed by atoms with E-state index in [0.29, 0.717) is 5.75 Å². The van der Waals surface area contributed by atoms with Crippen LogP contribution in [0, 0.1) is 0 Å². The zero-order valence-electron chi connectivity index (χ0n) is 9.28. The van der Waals surface area contributed by atoms with Crippen molar-refractivity contribution in [2.75, 3.05) is 6.61 Å². The molecule has 0 saturated carbocycles. The van der Waals surface area contributed by atoms with Gasteiger partial charge in [-0.25, -0.2) is 4.79 Å². The second-order valence-corrected chi connectivity index (χ2v) is 9.47. The van der Waals surface area contributed by atoms with Gasteiger partial charge in [0.05, 0.1) is 8.07 Å². The van der Waals surface area contributed by atoms with Crippen molar-refractivity contribution in [2.24, 2.45) is 0 Å². The van der Waals surface area contributed by atoms with Crippen molar-refractivity contribution < 1.29 is 14.6 Å². The average molecular weight is 224 g/mol. The standard InChI is InChI=1S/C11H16O3Si/c1-15(2,3)10-7-5-4-6-9(10)14-8-11(12)13/h4-7H,8H2,1-3H3,(H,12,13). The number of para-hydroxylation sites is 1. The maximum absolute atomic E-state index is 10.4. The smallest absolute Gasteiger partial charge is 0.341 e. The Bertz CT molecular complexity index is 355. The highest BCUT2D eigenvalue weighted by Crippen LogP contribution is 2.13. The molecule has 0 radical (unpaired) electrons. The third kappa shape index (κ3) is 3.40. The molecule has 0 aliphatic heterocycles. The minimum absolute atomic E-state index is 0.276. The van der Waals surface area contributed by atoms with Crippen molar-refractivity contribution in [1.29, 1.82) is 0 Å². The lowest BCUT2D eigenvalue weighted by Crippen LogP contribution is -2.38. The van der Waals surface area contributed by atoms with Gasteiger partial charge in [-0.05, 0) is 11.3 Å². The summed E-state index contributed by atoms with van der Waals surface area (Å²) in [5.74, 6) is -0.237. The molecule has 0 amide bonds. The van der Waals surface area contributed by atoms with Crippen LogP contribution < -0.4 is 9.92 Å². The monoisotopic (exact) mass is 224 g/mol. The van der Waals surface area contributed by atoms with Gasteiger partial charge in [0, 0.05) is 0 Å². The molecule has 0 fully saturated rings. The number of ether oxygens (including phenoxy) is 1. The van der Waals surface area contributed by atoms with Gasteiger partial charge < -0.3 is 9.84 Å². The molecule has 1 aromatic carbocycles. The van der Waals surface area contributed by atoms with Crippen LogP contribution in [0.15, 0.2) is 24.3 Å². The van der Waals surface area contributed by atoms with Crippen molar-refractivity contribution in [3.63, 3.8) is 0 Å². The first-order chi connectivity index (χ1) is 6.91. The van der Waals surface area contributed by atoms with E-state index in [4.69, 9.17) is 9.84 Å². The van der Waals surface area contributed by atoms with E-state index in [1.807, 2.05) is 24.3 Å². The molecule has 0 heterocycles. The summed E-state index contributed by atoms with van der Waals surface area (Å²) in [6.45, 7) is 6.34. The summed E-state index contributed by atoms with van der Waals surface area (Å²) in [7, 11) is -1.47. The van der Waals surface area contributed by atoms with Gasteiger partial charge in [0.25, 0.3) is 0 Å². The Labute approximate surface area is 90.7 Å². The lowest BCUT2D eigenvalue weighted by atomic mass is 10.3. The molecule has 0 aliphatic rings. The van der Waals surface area contributed by atoms with Crippen molar-refractivity contribution >= 4 is 19.2 Å². The Kier molecular flexibility index (Phi) is 3.52. The van der Waals surface area contributed by atoms with Crippen LogP contribution in [0.3, 0.4) is 0 Å². The van der Waals surface area contributed by atoms with E-state index < -0.39 is 14.0 Å². The van der Waals surface area contributed by atoms with E-state index in [0.717, 1.165) is 5.19 Å². The number of carboxylic acids is 1. The Balaban J connectivity index is 2.92. The molecule has 3 nitrogen and oxygen atoms in total. The number of hydrogen-bond donors (Lipinski definition) is 1. The molecular formula is C11H16O3Si. The Morgan fingerprint density at radius 1 is 1.33 bits per heavy atom. The van der Waals surface area contributed by atoms with Gasteiger partial charge in [0.1, 0.15) is 5.75 Å². The number of benzene rings is 1. The Morgan fingerprint density at radius 2 is 1.93 bits per heavy atom. The van der Waals surface area contributed by atoms with Crippen molar-refractivity contribution in [2.45, 2.75) is 19.6 Å². The van der Waals surface area contributed by atoms with Gasteiger partial charge >= 0.3 is 5.97 Å². The van der Waals surface area contributed by atoms with Crippen molar-refractivity contribution in [1.82, 2.24) is 0 Å². The molecule has 4 heteroatoms. The van der Waals surface area contributed by atoms with Gasteiger partial charge in [0.15, 0.2) is 6.61 Å². The van der Waals surface area contributed by atoms with Crippen LogP contribution in [0.25, 0.3) is 0 Å². The largest absolute Gasteiger partial charge is 0.482 e. The normalized spacial score (nSPS) is 11.1. The summed E-state index contributed by atoms with van der Waals surface area (Å²) in [6, 6.07) is 7.67. The van der Waals surface area contributed by atoms with Crippen LogP contribution in [-0.2, 0) is 4.79 Å². The fourth-order valence-corrected chi connectivity index (χ4v) is 2.84. The summed E-state index contributed by atoms with van der Waals surface area (Å²) in [5, 5.41) is 9.71. The second kappa shape index (κ2) is 4.48. The lowest BCUT2D eigenvalue weighted by molar-refractivity contribution is -0.139. The van der Waals surface area contributed by atoms with Gasteiger partial charge in [-0.3, -0.25) is 0 Å². The maximum Gasteiger partial charge on any atom is 0.341 e. The van der Waals surface area contributed by atoms with Gasteiger partial charge in [0.2, 0.25) is 0 Å². The minimum Gasteiger partial charge on any atom is -0.482 e. The van der Waals surface area contributed by atoms with Crippen molar-refractivity contribution in [3.05, 3.63) is 24.3 Å². The molecule has 0 aliphatic carbocycles. The van der Waals surface area contributed by atoms with E-state index in [-0.39, 0.29) is 6.61 Å². The molecule has 1 N–H and O–H groups in total. The van der Waals surface area contributed by atoms with Crippen LogP contribution in [0.5, 0.6) is 5.75 Å². The fourth-order valence-electron chi connectivity index (χ4n) is 1.35. The first kappa shape index (κ1) is 11.8. The highest BCUT2D eigenvalue weighted by Gasteiger charge is 2.20. The zero-order chi connectivity index (χ0) is 11.5. The Hall–Kier alpha value is -1.29. The van der Waals surface area contributed by atoms with Gasteiger partial charge in [-0.1, -0.05) is 37.8 Å². The Morgan fingerprint density at radius 3 is 2.47 bits per heavy atom. The van der Waals surface area contributed by atoms with Crippen LogP contribution in [0.1, 0.15) is 0 Å². The summed E-state index contributed by atoms with van der Waals surface area (Å²) < 4.78 is 5.26. The molecule has 1 aromatic rings. The number of carbonyl (C=O) groups is 1. The van der Waals surface area contributed by atoms with Crippen LogP contribution in [0.2, 0.25) is 19.6 Å². The number of aliphatic carboxylic acids is 1. The molecule has 1 rings (SSSR count). The van der Waals surface area contributed by atoms with E-state index in [2.05, 4.69) is 19.6 Å². The average Bonchev–Trinajstić information content (AvgIpc) is 2.13. The van der Waals surface area contributed by atoms with Gasteiger partial charge in [-0.15, -0.1) is 0 Å². The number of hydrogen-bond acceptors (Lipinski definition) is 2. The topological polar surface area (TPSA) is 46.5 Å². The predicted octanol–water partition coefficient (Wildman–Crippen LogP) is 1.70. The minimum atomic E-state index is -1.47. The molecule has 0 bridgehead atoms. The van der Waals surface area contributed by atoms with Crippen LogP contribution in [0.4, 0.5) is 0 Å². The molecular weight excluding hydrogens is 208 g/mol. The predicted molar refractivity (Wildman–Crippen MR) is 62.6 cm³/mol. The first-order valence-corrected chi connectivity index (χ1v) is 8.35.